The third-order valence-corrected chi connectivity index (χ3v) is 2.69. The number of hydrogen-bond acceptors (Lipinski definition) is 4. The summed E-state index contributed by atoms with van der Waals surface area (Å²) in [6.07, 6.45) is 1.52. The van der Waals surface area contributed by atoms with Crippen LogP contribution in [0.15, 0.2) is 24.3 Å². The second-order valence-corrected chi connectivity index (χ2v) is 4.41. The van der Waals surface area contributed by atoms with Crippen molar-refractivity contribution in [2.45, 2.75) is 19.8 Å². The predicted molar refractivity (Wildman–Crippen MR) is 72.2 cm³/mol. The molecule has 0 spiro atoms. The third kappa shape index (κ3) is 3.22. The normalized spacial score (nSPS) is 10.1. The van der Waals surface area contributed by atoms with E-state index in [2.05, 4.69) is 9.97 Å². The SMILES string of the molecule is CCCc1nc(Cl)cc(Oc2cccc(F)c2C#N)n1. The first kappa shape index (κ1) is 14.2. The number of halogens is 2. The fourth-order valence-corrected chi connectivity index (χ4v) is 1.83. The summed E-state index contributed by atoms with van der Waals surface area (Å²) in [5, 5.41) is 9.19. The van der Waals surface area contributed by atoms with E-state index in [9.17, 15) is 4.39 Å². The first-order chi connectivity index (χ1) is 9.63. The van der Waals surface area contributed by atoms with Gasteiger partial charge in [0.1, 0.15) is 34.2 Å². The first-order valence-corrected chi connectivity index (χ1v) is 6.41. The topological polar surface area (TPSA) is 58.8 Å². The van der Waals surface area contributed by atoms with Gasteiger partial charge in [0, 0.05) is 12.5 Å². The highest BCUT2D eigenvalue weighted by molar-refractivity contribution is 6.29. The molecule has 0 fully saturated rings. The zero-order chi connectivity index (χ0) is 14.5. The van der Waals surface area contributed by atoms with Gasteiger partial charge in [0.2, 0.25) is 5.88 Å². The van der Waals surface area contributed by atoms with E-state index in [1.807, 2.05) is 6.92 Å². The molecular formula is C14H11ClFN3O. The number of nitrogens with zero attached hydrogens (tertiary/aromatic N) is 3. The molecule has 0 radical (unpaired) electrons. The van der Waals surface area contributed by atoms with Gasteiger partial charge in [0.25, 0.3) is 0 Å². The van der Waals surface area contributed by atoms with E-state index in [4.69, 9.17) is 21.6 Å². The Bertz CT molecular complexity index is 670. The second-order valence-electron chi connectivity index (χ2n) is 4.02. The van der Waals surface area contributed by atoms with Crippen LogP contribution in [-0.2, 0) is 6.42 Å². The van der Waals surface area contributed by atoms with E-state index < -0.39 is 5.82 Å². The van der Waals surface area contributed by atoms with Crippen molar-refractivity contribution >= 4 is 11.6 Å². The lowest BCUT2D eigenvalue weighted by atomic mass is 10.2. The number of nitriles is 1. The first-order valence-electron chi connectivity index (χ1n) is 6.04. The van der Waals surface area contributed by atoms with Crippen LogP contribution in [0.5, 0.6) is 11.6 Å². The average molecular weight is 292 g/mol. The van der Waals surface area contributed by atoms with Gasteiger partial charge in [-0.15, -0.1) is 0 Å². The lowest BCUT2D eigenvalue weighted by Gasteiger charge is -2.08. The molecule has 1 aromatic carbocycles. The van der Waals surface area contributed by atoms with E-state index in [1.54, 1.807) is 6.07 Å². The Morgan fingerprint density at radius 2 is 2.20 bits per heavy atom. The zero-order valence-electron chi connectivity index (χ0n) is 10.7. The van der Waals surface area contributed by atoms with Crippen LogP contribution in [0.2, 0.25) is 5.15 Å². The van der Waals surface area contributed by atoms with E-state index in [0.29, 0.717) is 12.2 Å². The van der Waals surface area contributed by atoms with Crippen molar-refractivity contribution in [1.29, 1.82) is 5.26 Å². The van der Waals surface area contributed by atoms with Gasteiger partial charge >= 0.3 is 0 Å². The van der Waals surface area contributed by atoms with Crippen LogP contribution >= 0.6 is 11.6 Å². The average Bonchev–Trinajstić information content (AvgIpc) is 2.38. The molecule has 1 aromatic heterocycles. The van der Waals surface area contributed by atoms with Crippen LogP contribution in [0, 0.1) is 17.1 Å². The fraction of sp³-hybridized carbons (Fsp3) is 0.214. The summed E-state index contributed by atoms with van der Waals surface area (Å²) in [4.78, 5) is 8.23. The summed E-state index contributed by atoms with van der Waals surface area (Å²) in [5.74, 6) is 0.198. The van der Waals surface area contributed by atoms with Gasteiger partial charge in [-0.3, -0.25) is 0 Å². The highest BCUT2D eigenvalue weighted by Gasteiger charge is 2.11. The molecule has 0 N–H and O–H groups in total. The molecule has 2 aromatic rings. The van der Waals surface area contributed by atoms with E-state index >= 15 is 0 Å². The molecule has 2 rings (SSSR count). The number of rotatable bonds is 4. The summed E-state index contributed by atoms with van der Waals surface area (Å²) in [5.41, 5.74) is -0.167. The summed E-state index contributed by atoms with van der Waals surface area (Å²) in [6.45, 7) is 1.99. The zero-order valence-corrected chi connectivity index (χ0v) is 11.5. The Labute approximate surface area is 120 Å². The van der Waals surface area contributed by atoms with Crippen LogP contribution in [-0.4, -0.2) is 9.97 Å². The molecule has 4 nitrogen and oxygen atoms in total. The minimum absolute atomic E-state index is 0.102. The summed E-state index contributed by atoms with van der Waals surface area (Å²) < 4.78 is 18.9. The third-order valence-electron chi connectivity index (χ3n) is 2.49. The number of ether oxygens (including phenoxy) is 1. The molecule has 0 aliphatic rings. The van der Waals surface area contributed by atoms with Crippen LogP contribution in [0.3, 0.4) is 0 Å². The maximum absolute atomic E-state index is 13.5. The number of benzene rings is 1. The van der Waals surface area contributed by atoms with E-state index in [1.165, 1.54) is 24.3 Å². The summed E-state index contributed by atoms with van der Waals surface area (Å²) >= 11 is 5.89. The van der Waals surface area contributed by atoms with Gasteiger partial charge in [-0.2, -0.15) is 10.2 Å². The Balaban J connectivity index is 2.35. The minimum atomic E-state index is -0.640. The largest absolute Gasteiger partial charge is 0.437 e. The molecular weight excluding hydrogens is 281 g/mol. The van der Waals surface area contributed by atoms with Gasteiger partial charge in [-0.25, -0.2) is 9.37 Å². The smallest absolute Gasteiger partial charge is 0.224 e. The van der Waals surface area contributed by atoms with Crippen molar-refractivity contribution in [2.75, 3.05) is 0 Å². The van der Waals surface area contributed by atoms with Crippen molar-refractivity contribution in [3.05, 3.63) is 46.6 Å². The maximum atomic E-state index is 13.5. The molecule has 0 saturated heterocycles. The minimum Gasteiger partial charge on any atom is -0.437 e. The highest BCUT2D eigenvalue weighted by Crippen LogP contribution is 2.26. The molecule has 102 valence electrons. The molecule has 0 atom stereocenters. The van der Waals surface area contributed by atoms with E-state index in [-0.39, 0.29) is 22.3 Å². The van der Waals surface area contributed by atoms with Crippen LogP contribution in [0.25, 0.3) is 0 Å². The van der Waals surface area contributed by atoms with Crippen molar-refractivity contribution < 1.29 is 9.13 Å². The van der Waals surface area contributed by atoms with Gasteiger partial charge in [0.05, 0.1) is 0 Å². The lowest BCUT2D eigenvalue weighted by molar-refractivity contribution is 0.452. The van der Waals surface area contributed by atoms with Gasteiger partial charge in [-0.1, -0.05) is 24.6 Å². The van der Waals surface area contributed by atoms with Crippen LogP contribution < -0.4 is 4.74 Å². The molecule has 0 bridgehead atoms. The van der Waals surface area contributed by atoms with Gasteiger partial charge < -0.3 is 4.74 Å². The second kappa shape index (κ2) is 6.31. The maximum Gasteiger partial charge on any atom is 0.224 e. The Kier molecular flexibility index (Phi) is 4.49. The molecule has 1 heterocycles. The molecule has 0 unspecified atom stereocenters. The van der Waals surface area contributed by atoms with Crippen molar-refractivity contribution in [2.24, 2.45) is 0 Å². The molecule has 0 aliphatic heterocycles. The highest BCUT2D eigenvalue weighted by atomic mass is 35.5. The fourth-order valence-electron chi connectivity index (χ4n) is 1.64. The van der Waals surface area contributed by atoms with Crippen LogP contribution in [0.4, 0.5) is 4.39 Å². The monoisotopic (exact) mass is 291 g/mol. The standard InChI is InChI=1S/C14H11ClFN3O/c1-2-4-13-18-12(15)7-14(19-13)20-11-6-3-5-10(16)9(11)8-17/h3,5-7H,2,4H2,1H3. The molecule has 6 heteroatoms. The van der Waals surface area contributed by atoms with Crippen molar-refractivity contribution in [1.82, 2.24) is 9.97 Å². The Morgan fingerprint density at radius 3 is 2.90 bits per heavy atom. The number of aryl methyl sites for hydroxylation is 1. The van der Waals surface area contributed by atoms with Gasteiger partial charge in [-0.05, 0) is 18.6 Å². The van der Waals surface area contributed by atoms with Crippen molar-refractivity contribution in [3.63, 3.8) is 0 Å². The summed E-state index contributed by atoms with van der Waals surface area (Å²) in [7, 11) is 0. The number of aromatic nitrogens is 2. The predicted octanol–water partition coefficient (Wildman–Crippen LogP) is 3.89. The summed E-state index contributed by atoms with van der Waals surface area (Å²) in [6, 6.07) is 7.34. The Morgan fingerprint density at radius 1 is 1.40 bits per heavy atom. The number of hydrogen-bond donors (Lipinski definition) is 0. The van der Waals surface area contributed by atoms with E-state index in [0.717, 1.165) is 6.42 Å². The Hall–Kier alpha value is -2.19. The van der Waals surface area contributed by atoms with Crippen LogP contribution in [0.1, 0.15) is 24.7 Å². The molecule has 0 aliphatic carbocycles. The van der Waals surface area contributed by atoms with Gasteiger partial charge in [0.15, 0.2) is 0 Å². The quantitative estimate of drug-likeness (QED) is 0.802. The molecule has 0 saturated carbocycles. The molecule has 0 amide bonds. The molecule has 20 heavy (non-hydrogen) atoms. The lowest BCUT2D eigenvalue weighted by Crippen LogP contribution is -1.99. The van der Waals surface area contributed by atoms with Crippen molar-refractivity contribution in [3.8, 4) is 17.7 Å².